The zero-order chi connectivity index (χ0) is 18.8. The molecule has 0 radical (unpaired) electrons. The Balaban J connectivity index is 0.00000364. The van der Waals surface area contributed by atoms with Gasteiger partial charge in [-0.1, -0.05) is 18.9 Å². The molecule has 1 fully saturated rings. The summed E-state index contributed by atoms with van der Waals surface area (Å²) in [5.74, 6) is -0.819. The quantitative estimate of drug-likeness (QED) is 0.517. The summed E-state index contributed by atoms with van der Waals surface area (Å²) < 4.78 is 0. The Morgan fingerprint density at radius 3 is 2.04 bits per heavy atom. The summed E-state index contributed by atoms with van der Waals surface area (Å²) in [6.07, 6.45) is 4.72. The molecule has 1 aromatic rings. The van der Waals surface area contributed by atoms with Crippen LogP contribution >= 0.6 is 24.8 Å². The van der Waals surface area contributed by atoms with Crippen LogP contribution in [0.25, 0.3) is 0 Å². The lowest BCUT2D eigenvalue weighted by molar-refractivity contribution is -0.123. The summed E-state index contributed by atoms with van der Waals surface area (Å²) in [6.45, 7) is 1.98. The zero-order valence-corrected chi connectivity index (χ0v) is 17.4. The van der Waals surface area contributed by atoms with Crippen molar-refractivity contribution in [1.29, 1.82) is 0 Å². The highest BCUT2D eigenvalue weighted by atomic mass is 35.5. The van der Waals surface area contributed by atoms with Crippen LogP contribution in [-0.4, -0.2) is 55.3 Å². The van der Waals surface area contributed by atoms with Crippen LogP contribution in [0, 0.1) is 0 Å². The summed E-state index contributed by atoms with van der Waals surface area (Å²) in [7, 11) is 0. The van der Waals surface area contributed by atoms with Crippen molar-refractivity contribution in [2.75, 3.05) is 43.4 Å². The summed E-state index contributed by atoms with van der Waals surface area (Å²) in [5.41, 5.74) is 6.33. The molecule has 1 aromatic carbocycles. The number of nitrogens with one attached hydrogen (secondary N) is 3. The minimum absolute atomic E-state index is 0. The standard InChI is InChI=1S/C18H27N5O3.2ClH/c19-11-16(24)20-12-17(25)21-14-6-5-7-15(10-14)22-18(26)13-23-8-3-1-2-4-9-23;;/h5-7,10H,1-4,8-9,11-13,19H2,(H,20,24)(H,21,25)(H,22,26);2*1H. The van der Waals surface area contributed by atoms with Crippen molar-refractivity contribution in [1.82, 2.24) is 10.2 Å². The third-order valence-electron chi connectivity index (χ3n) is 4.13. The highest BCUT2D eigenvalue weighted by molar-refractivity contribution is 5.96. The second-order valence-electron chi connectivity index (χ2n) is 6.35. The Kier molecular flexibility index (Phi) is 13.2. The fourth-order valence-corrected chi connectivity index (χ4v) is 2.83. The van der Waals surface area contributed by atoms with Gasteiger partial charge in [0.25, 0.3) is 0 Å². The molecule has 3 amide bonds. The number of rotatable bonds is 7. The molecule has 158 valence electrons. The Hall–Kier alpha value is -1.87. The van der Waals surface area contributed by atoms with E-state index in [4.69, 9.17) is 5.73 Å². The molecule has 0 atom stereocenters. The monoisotopic (exact) mass is 433 g/mol. The van der Waals surface area contributed by atoms with Gasteiger partial charge in [0.15, 0.2) is 0 Å². The van der Waals surface area contributed by atoms with E-state index >= 15 is 0 Å². The Morgan fingerprint density at radius 1 is 0.893 bits per heavy atom. The van der Waals surface area contributed by atoms with Crippen LogP contribution in [0.3, 0.4) is 0 Å². The van der Waals surface area contributed by atoms with Crippen molar-refractivity contribution in [3.63, 3.8) is 0 Å². The van der Waals surface area contributed by atoms with Crippen molar-refractivity contribution >= 4 is 53.9 Å². The van der Waals surface area contributed by atoms with E-state index in [1.807, 2.05) is 0 Å². The van der Waals surface area contributed by atoms with Gasteiger partial charge in [-0.25, -0.2) is 0 Å². The molecular weight excluding hydrogens is 405 g/mol. The summed E-state index contributed by atoms with van der Waals surface area (Å²) >= 11 is 0. The second-order valence-corrected chi connectivity index (χ2v) is 6.35. The summed E-state index contributed by atoms with van der Waals surface area (Å²) in [4.78, 5) is 37.3. The van der Waals surface area contributed by atoms with Crippen molar-refractivity contribution in [2.24, 2.45) is 5.73 Å². The van der Waals surface area contributed by atoms with E-state index in [9.17, 15) is 14.4 Å². The number of anilines is 2. The van der Waals surface area contributed by atoms with E-state index < -0.39 is 5.91 Å². The Labute approximate surface area is 177 Å². The van der Waals surface area contributed by atoms with Crippen molar-refractivity contribution in [3.8, 4) is 0 Å². The molecule has 28 heavy (non-hydrogen) atoms. The van der Waals surface area contributed by atoms with Crippen LogP contribution in [0.5, 0.6) is 0 Å². The summed E-state index contributed by atoms with van der Waals surface area (Å²) in [6, 6.07) is 6.91. The Morgan fingerprint density at radius 2 is 1.46 bits per heavy atom. The SMILES string of the molecule is Cl.Cl.NCC(=O)NCC(=O)Nc1cccc(NC(=O)CN2CCCCCC2)c1. The van der Waals surface area contributed by atoms with Crippen molar-refractivity contribution in [2.45, 2.75) is 25.7 Å². The molecule has 0 bridgehead atoms. The van der Waals surface area contributed by atoms with Gasteiger partial charge in [0, 0.05) is 11.4 Å². The smallest absolute Gasteiger partial charge is 0.243 e. The van der Waals surface area contributed by atoms with Gasteiger partial charge in [0.05, 0.1) is 19.6 Å². The molecule has 1 aliphatic rings. The first-order valence-corrected chi connectivity index (χ1v) is 8.95. The lowest BCUT2D eigenvalue weighted by atomic mass is 10.2. The fourth-order valence-electron chi connectivity index (χ4n) is 2.83. The maximum Gasteiger partial charge on any atom is 0.243 e. The maximum absolute atomic E-state index is 12.2. The van der Waals surface area contributed by atoms with Crippen LogP contribution in [0.4, 0.5) is 11.4 Å². The lowest BCUT2D eigenvalue weighted by Gasteiger charge is -2.19. The number of hydrogen-bond donors (Lipinski definition) is 4. The average Bonchev–Trinajstić information content (AvgIpc) is 2.88. The van der Waals surface area contributed by atoms with Gasteiger partial charge in [0.2, 0.25) is 17.7 Å². The first kappa shape index (κ1) is 26.1. The molecular formula is C18H29Cl2N5O3. The predicted molar refractivity (Wildman–Crippen MR) is 115 cm³/mol. The third-order valence-corrected chi connectivity index (χ3v) is 4.13. The molecule has 1 aliphatic heterocycles. The maximum atomic E-state index is 12.2. The van der Waals surface area contributed by atoms with E-state index in [0.717, 1.165) is 25.9 Å². The summed E-state index contributed by atoms with van der Waals surface area (Å²) in [5, 5.41) is 7.93. The molecule has 1 heterocycles. The zero-order valence-electron chi connectivity index (χ0n) is 15.7. The molecule has 8 nitrogen and oxygen atoms in total. The number of likely N-dealkylation sites (tertiary alicyclic amines) is 1. The van der Waals surface area contributed by atoms with Crippen molar-refractivity contribution in [3.05, 3.63) is 24.3 Å². The van der Waals surface area contributed by atoms with Crippen LogP contribution in [0.1, 0.15) is 25.7 Å². The molecule has 1 saturated heterocycles. The molecule has 2 rings (SSSR count). The second kappa shape index (κ2) is 14.2. The molecule has 0 aliphatic carbocycles. The number of carbonyl (C=O) groups excluding carboxylic acids is 3. The predicted octanol–water partition coefficient (Wildman–Crippen LogP) is 1.36. The van der Waals surface area contributed by atoms with Gasteiger partial charge in [0.1, 0.15) is 0 Å². The van der Waals surface area contributed by atoms with Gasteiger partial charge in [-0.15, -0.1) is 24.8 Å². The van der Waals surface area contributed by atoms with Crippen LogP contribution in [0.15, 0.2) is 24.3 Å². The van der Waals surface area contributed by atoms with Crippen LogP contribution < -0.4 is 21.7 Å². The number of carbonyl (C=O) groups is 3. The van der Waals surface area contributed by atoms with Gasteiger partial charge >= 0.3 is 0 Å². The molecule has 10 heteroatoms. The van der Waals surface area contributed by atoms with Crippen LogP contribution in [0.2, 0.25) is 0 Å². The first-order chi connectivity index (χ1) is 12.6. The third kappa shape index (κ3) is 9.89. The highest BCUT2D eigenvalue weighted by Crippen LogP contribution is 2.15. The number of hydrogen-bond acceptors (Lipinski definition) is 5. The first-order valence-electron chi connectivity index (χ1n) is 8.95. The molecule has 0 aromatic heterocycles. The van der Waals surface area contributed by atoms with E-state index in [0.29, 0.717) is 17.9 Å². The number of nitrogens with two attached hydrogens (primary N) is 1. The van der Waals surface area contributed by atoms with Crippen molar-refractivity contribution < 1.29 is 14.4 Å². The number of halogens is 2. The van der Waals surface area contributed by atoms with Gasteiger partial charge in [-0.3, -0.25) is 19.3 Å². The van der Waals surface area contributed by atoms with E-state index in [2.05, 4.69) is 20.9 Å². The fraction of sp³-hybridized carbons (Fsp3) is 0.500. The topological polar surface area (TPSA) is 117 Å². The number of nitrogens with zero attached hydrogens (tertiary/aromatic N) is 1. The molecule has 0 unspecified atom stereocenters. The largest absolute Gasteiger partial charge is 0.346 e. The normalized spacial score (nSPS) is 13.9. The molecule has 0 saturated carbocycles. The minimum Gasteiger partial charge on any atom is -0.346 e. The van der Waals surface area contributed by atoms with Gasteiger partial charge < -0.3 is 21.7 Å². The van der Waals surface area contributed by atoms with E-state index in [1.54, 1.807) is 24.3 Å². The van der Waals surface area contributed by atoms with Crippen LogP contribution in [-0.2, 0) is 14.4 Å². The molecule has 5 N–H and O–H groups in total. The minimum atomic E-state index is -0.394. The van der Waals surface area contributed by atoms with Gasteiger partial charge in [-0.2, -0.15) is 0 Å². The average molecular weight is 434 g/mol. The number of amides is 3. The molecule has 0 spiro atoms. The Bertz CT molecular complexity index is 637. The van der Waals surface area contributed by atoms with E-state index in [1.165, 1.54) is 12.8 Å². The number of benzene rings is 1. The lowest BCUT2D eigenvalue weighted by Crippen LogP contribution is -2.36. The van der Waals surface area contributed by atoms with E-state index in [-0.39, 0.29) is 49.7 Å². The highest BCUT2D eigenvalue weighted by Gasteiger charge is 2.13. The van der Waals surface area contributed by atoms with Gasteiger partial charge in [-0.05, 0) is 44.1 Å².